The molecule has 1 fully saturated rings. The van der Waals surface area contributed by atoms with Crippen molar-refractivity contribution in [3.8, 4) is 5.69 Å². The van der Waals surface area contributed by atoms with Gasteiger partial charge in [0.1, 0.15) is 5.82 Å². The van der Waals surface area contributed by atoms with Crippen LogP contribution in [0, 0.1) is 0 Å². The van der Waals surface area contributed by atoms with E-state index in [1.54, 1.807) is 24.3 Å². The highest BCUT2D eigenvalue weighted by molar-refractivity contribution is 7.90. The van der Waals surface area contributed by atoms with E-state index in [1.165, 1.54) is 4.68 Å². The number of hydrogen-bond acceptors (Lipinski definition) is 6. The van der Waals surface area contributed by atoms with Gasteiger partial charge in [-0.15, -0.1) is 0 Å². The van der Waals surface area contributed by atoms with Gasteiger partial charge < -0.3 is 15.4 Å². The Morgan fingerprint density at radius 2 is 1.96 bits per heavy atom. The summed E-state index contributed by atoms with van der Waals surface area (Å²) < 4.78 is 30.8. The summed E-state index contributed by atoms with van der Waals surface area (Å²) in [4.78, 5) is 24.6. The molecular formula is C18H20N4O5S. The van der Waals surface area contributed by atoms with Crippen molar-refractivity contribution in [2.24, 2.45) is 0 Å². The number of nitrogens with zero attached hydrogens (tertiary/aromatic N) is 2. The van der Waals surface area contributed by atoms with Gasteiger partial charge in [0.25, 0.3) is 0 Å². The molecule has 2 aromatic rings. The molecule has 10 heteroatoms. The number of sulfone groups is 1. The van der Waals surface area contributed by atoms with Crippen molar-refractivity contribution >= 4 is 27.5 Å². The molecule has 0 saturated carbocycles. The third-order valence-corrected chi connectivity index (χ3v) is 6.18. The molecule has 28 heavy (non-hydrogen) atoms. The van der Waals surface area contributed by atoms with Crippen LogP contribution in [0.25, 0.3) is 5.69 Å². The fourth-order valence-corrected chi connectivity index (χ4v) is 4.88. The summed E-state index contributed by atoms with van der Waals surface area (Å²) in [6.07, 6.45) is 1.69. The molecule has 3 heterocycles. The summed E-state index contributed by atoms with van der Waals surface area (Å²) in [5.41, 5.74) is 1.47. The molecule has 4 rings (SSSR count). The van der Waals surface area contributed by atoms with Gasteiger partial charge in [-0.3, -0.25) is 9.59 Å². The number of carbonyl (C=O) groups excluding carboxylic acids is 2. The van der Waals surface area contributed by atoms with E-state index in [4.69, 9.17) is 4.74 Å². The summed E-state index contributed by atoms with van der Waals surface area (Å²) in [7, 11) is -3.31. The minimum Gasteiger partial charge on any atom is -0.376 e. The Kier molecular flexibility index (Phi) is 4.90. The molecule has 0 unspecified atom stereocenters. The molecule has 1 atom stereocenters. The fourth-order valence-electron chi connectivity index (χ4n) is 3.38. The van der Waals surface area contributed by atoms with Crippen LogP contribution in [0.2, 0.25) is 0 Å². The highest BCUT2D eigenvalue weighted by Crippen LogP contribution is 2.32. The average Bonchev–Trinajstić information content (AvgIpc) is 3.36. The molecule has 1 aromatic carbocycles. The molecule has 0 radical (unpaired) electrons. The Balaban J connectivity index is 1.56. The van der Waals surface area contributed by atoms with Crippen LogP contribution in [0.3, 0.4) is 0 Å². The van der Waals surface area contributed by atoms with E-state index in [1.807, 2.05) is 6.07 Å². The van der Waals surface area contributed by atoms with Gasteiger partial charge in [0.05, 0.1) is 29.0 Å². The zero-order valence-electron chi connectivity index (χ0n) is 15.1. The summed E-state index contributed by atoms with van der Waals surface area (Å²) in [6.45, 7) is 0.917. The lowest BCUT2D eigenvalue weighted by atomic mass is 10.2. The lowest BCUT2D eigenvalue weighted by molar-refractivity contribution is -0.136. The van der Waals surface area contributed by atoms with Gasteiger partial charge in [-0.1, -0.05) is 18.2 Å². The maximum Gasteiger partial charge on any atom is 0.314 e. The predicted octanol–water partition coefficient (Wildman–Crippen LogP) is 0.534. The summed E-state index contributed by atoms with van der Waals surface area (Å²) in [5, 5.41) is 9.45. The highest BCUT2D eigenvalue weighted by atomic mass is 32.2. The third-order valence-electron chi connectivity index (χ3n) is 4.74. The quantitative estimate of drug-likeness (QED) is 0.718. The number of amides is 2. The van der Waals surface area contributed by atoms with Crippen LogP contribution < -0.4 is 10.6 Å². The largest absolute Gasteiger partial charge is 0.376 e. The van der Waals surface area contributed by atoms with Crippen LogP contribution in [0.1, 0.15) is 24.1 Å². The van der Waals surface area contributed by atoms with E-state index in [0.29, 0.717) is 23.6 Å². The number of carbonyl (C=O) groups is 2. The van der Waals surface area contributed by atoms with Gasteiger partial charge in [-0.05, 0) is 25.0 Å². The Bertz CT molecular complexity index is 1010. The lowest BCUT2D eigenvalue weighted by Gasteiger charge is -2.12. The molecule has 0 bridgehead atoms. The van der Waals surface area contributed by atoms with E-state index in [2.05, 4.69) is 15.7 Å². The van der Waals surface area contributed by atoms with Gasteiger partial charge in [0.15, 0.2) is 9.84 Å². The number of ether oxygens (including phenoxy) is 1. The molecule has 0 aliphatic carbocycles. The standard InChI is InChI=1S/C18H20N4O5S/c23-17(19-9-13-7-4-8-27-13)18(24)20-16-14-10-28(25,26)11-15(14)21-22(16)12-5-2-1-3-6-12/h1-3,5-6,13H,4,7-11H2,(H,19,23)(H,20,24)/t13-/m0/s1. The van der Waals surface area contributed by atoms with E-state index in [0.717, 1.165) is 12.8 Å². The first kappa shape index (κ1) is 18.6. The number of para-hydroxylation sites is 1. The van der Waals surface area contributed by atoms with Crippen LogP contribution in [0.4, 0.5) is 5.82 Å². The number of benzene rings is 1. The van der Waals surface area contributed by atoms with Gasteiger partial charge in [0.2, 0.25) is 0 Å². The monoisotopic (exact) mass is 404 g/mol. The maximum absolute atomic E-state index is 12.4. The van der Waals surface area contributed by atoms with E-state index >= 15 is 0 Å². The van der Waals surface area contributed by atoms with Crippen molar-refractivity contribution in [1.29, 1.82) is 0 Å². The SMILES string of the molecule is O=C(NC[C@@H]1CCCO1)C(=O)Nc1c2c(nn1-c1ccccc1)CS(=O)(=O)C2. The van der Waals surface area contributed by atoms with Gasteiger partial charge >= 0.3 is 11.8 Å². The minimum atomic E-state index is -3.31. The van der Waals surface area contributed by atoms with E-state index in [9.17, 15) is 18.0 Å². The zero-order chi connectivity index (χ0) is 19.7. The Labute approximate surface area is 162 Å². The van der Waals surface area contributed by atoms with E-state index in [-0.39, 0.29) is 30.0 Å². The number of aromatic nitrogens is 2. The van der Waals surface area contributed by atoms with Crippen molar-refractivity contribution < 1.29 is 22.7 Å². The zero-order valence-corrected chi connectivity index (χ0v) is 15.9. The predicted molar refractivity (Wildman–Crippen MR) is 101 cm³/mol. The molecule has 2 aliphatic heterocycles. The number of rotatable bonds is 4. The van der Waals surface area contributed by atoms with Crippen molar-refractivity contribution in [2.45, 2.75) is 30.5 Å². The molecule has 1 aromatic heterocycles. The number of anilines is 1. The second-order valence-electron chi connectivity index (χ2n) is 6.85. The second kappa shape index (κ2) is 7.36. The molecule has 2 amide bonds. The smallest absolute Gasteiger partial charge is 0.314 e. The lowest BCUT2D eigenvalue weighted by Crippen LogP contribution is -2.39. The first-order chi connectivity index (χ1) is 13.4. The van der Waals surface area contributed by atoms with E-state index < -0.39 is 21.7 Å². The minimum absolute atomic E-state index is 0.0824. The summed E-state index contributed by atoms with van der Waals surface area (Å²) in [5.74, 6) is -1.87. The second-order valence-corrected chi connectivity index (χ2v) is 8.92. The Hall–Kier alpha value is -2.72. The third kappa shape index (κ3) is 3.78. The van der Waals surface area contributed by atoms with Crippen LogP contribution in [-0.4, -0.2) is 49.3 Å². The maximum atomic E-state index is 12.4. The van der Waals surface area contributed by atoms with Gasteiger partial charge in [-0.2, -0.15) is 5.10 Å². The number of nitrogens with one attached hydrogen (secondary N) is 2. The Morgan fingerprint density at radius 1 is 1.18 bits per heavy atom. The fraction of sp³-hybridized carbons (Fsp3) is 0.389. The number of fused-ring (bicyclic) bond motifs is 1. The van der Waals surface area contributed by atoms with Crippen LogP contribution in [0.15, 0.2) is 30.3 Å². The van der Waals surface area contributed by atoms with Gasteiger partial charge in [0, 0.05) is 18.7 Å². The molecule has 2 aliphatic rings. The average molecular weight is 404 g/mol. The number of hydrogen-bond donors (Lipinski definition) is 2. The molecule has 148 valence electrons. The first-order valence-corrected chi connectivity index (χ1v) is 10.8. The highest BCUT2D eigenvalue weighted by Gasteiger charge is 2.34. The van der Waals surface area contributed by atoms with Crippen LogP contribution in [-0.2, 0) is 35.7 Å². The molecular weight excluding hydrogens is 384 g/mol. The summed E-state index contributed by atoms with van der Waals surface area (Å²) >= 11 is 0. The molecule has 9 nitrogen and oxygen atoms in total. The first-order valence-electron chi connectivity index (χ1n) is 9.00. The summed E-state index contributed by atoms with van der Waals surface area (Å²) in [6, 6.07) is 9.01. The Morgan fingerprint density at radius 3 is 2.68 bits per heavy atom. The van der Waals surface area contributed by atoms with Crippen molar-refractivity contribution in [3.63, 3.8) is 0 Å². The van der Waals surface area contributed by atoms with Gasteiger partial charge in [-0.25, -0.2) is 13.1 Å². The normalized spacial score (nSPS) is 19.9. The van der Waals surface area contributed by atoms with Crippen molar-refractivity contribution in [2.75, 3.05) is 18.5 Å². The van der Waals surface area contributed by atoms with Crippen molar-refractivity contribution in [1.82, 2.24) is 15.1 Å². The van der Waals surface area contributed by atoms with Crippen LogP contribution in [0.5, 0.6) is 0 Å². The molecule has 0 spiro atoms. The molecule has 1 saturated heterocycles. The topological polar surface area (TPSA) is 119 Å². The molecule has 2 N–H and O–H groups in total. The van der Waals surface area contributed by atoms with Crippen molar-refractivity contribution in [3.05, 3.63) is 41.6 Å². The van der Waals surface area contributed by atoms with Crippen LogP contribution >= 0.6 is 0 Å².